The summed E-state index contributed by atoms with van der Waals surface area (Å²) >= 11 is 1.51. The number of aromatic nitrogens is 1. The highest BCUT2D eigenvalue weighted by atomic mass is 32.2. The molecule has 1 aromatic rings. The van der Waals surface area contributed by atoms with Crippen molar-refractivity contribution in [2.24, 2.45) is 5.92 Å². The van der Waals surface area contributed by atoms with Crippen LogP contribution < -0.4 is 5.73 Å². The third-order valence-electron chi connectivity index (χ3n) is 2.51. The molecule has 0 saturated heterocycles. The SMILES string of the molecule is COC(=O)C(Sc1ccc(N)nc1)C1CC1. The molecule has 1 heterocycles. The molecule has 4 nitrogen and oxygen atoms in total. The van der Waals surface area contributed by atoms with Gasteiger partial charge in [0.05, 0.1) is 7.11 Å². The van der Waals surface area contributed by atoms with Gasteiger partial charge >= 0.3 is 5.97 Å². The molecule has 1 aliphatic carbocycles. The predicted molar refractivity (Wildman–Crippen MR) is 63.0 cm³/mol. The van der Waals surface area contributed by atoms with Crippen LogP contribution in [0.3, 0.4) is 0 Å². The molecule has 0 spiro atoms. The van der Waals surface area contributed by atoms with Crippen LogP contribution in [0.1, 0.15) is 12.8 Å². The number of esters is 1. The quantitative estimate of drug-likeness (QED) is 0.639. The molecule has 1 fully saturated rings. The number of ether oxygens (including phenoxy) is 1. The summed E-state index contributed by atoms with van der Waals surface area (Å²) in [5.74, 6) is 0.796. The monoisotopic (exact) mass is 238 g/mol. The van der Waals surface area contributed by atoms with Gasteiger partial charge in [-0.3, -0.25) is 4.79 Å². The number of nitrogen functional groups attached to an aromatic ring is 1. The van der Waals surface area contributed by atoms with Crippen LogP contribution in [0.4, 0.5) is 5.82 Å². The van der Waals surface area contributed by atoms with Gasteiger partial charge < -0.3 is 10.5 Å². The summed E-state index contributed by atoms with van der Waals surface area (Å²) in [6, 6.07) is 3.62. The Hall–Kier alpha value is -1.23. The molecule has 0 bridgehead atoms. The number of hydrogen-bond acceptors (Lipinski definition) is 5. The zero-order chi connectivity index (χ0) is 11.5. The lowest BCUT2D eigenvalue weighted by Crippen LogP contribution is -2.20. The number of carbonyl (C=O) groups is 1. The molecular weight excluding hydrogens is 224 g/mol. The second-order valence-corrected chi connectivity index (χ2v) is 5.03. The Labute approximate surface area is 98.6 Å². The third kappa shape index (κ3) is 2.66. The lowest BCUT2D eigenvalue weighted by Gasteiger charge is -2.12. The molecule has 2 rings (SSSR count). The van der Waals surface area contributed by atoms with Gasteiger partial charge in [0, 0.05) is 11.1 Å². The van der Waals surface area contributed by atoms with Gasteiger partial charge in [-0.05, 0) is 30.9 Å². The average molecular weight is 238 g/mol. The average Bonchev–Trinajstić information content (AvgIpc) is 3.11. The first-order valence-electron chi connectivity index (χ1n) is 5.16. The number of hydrogen-bond donors (Lipinski definition) is 1. The van der Waals surface area contributed by atoms with Crippen molar-refractivity contribution >= 4 is 23.5 Å². The molecule has 1 saturated carbocycles. The van der Waals surface area contributed by atoms with Crippen LogP contribution in [-0.4, -0.2) is 23.3 Å². The second kappa shape index (κ2) is 4.74. The Morgan fingerprint density at radius 1 is 1.62 bits per heavy atom. The van der Waals surface area contributed by atoms with Crippen molar-refractivity contribution in [1.29, 1.82) is 0 Å². The lowest BCUT2D eigenvalue weighted by atomic mass is 10.3. The van der Waals surface area contributed by atoms with Crippen LogP contribution in [0.25, 0.3) is 0 Å². The van der Waals surface area contributed by atoms with E-state index in [1.165, 1.54) is 18.9 Å². The number of pyridine rings is 1. The summed E-state index contributed by atoms with van der Waals surface area (Å²) in [6.45, 7) is 0. The van der Waals surface area contributed by atoms with Gasteiger partial charge in [-0.2, -0.15) is 0 Å². The van der Waals surface area contributed by atoms with Crippen molar-refractivity contribution < 1.29 is 9.53 Å². The van der Waals surface area contributed by atoms with Crippen LogP contribution >= 0.6 is 11.8 Å². The normalized spacial score (nSPS) is 16.8. The van der Waals surface area contributed by atoms with E-state index in [1.54, 1.807) is 12.3 Å². The molecule has 1 atom stereocenters. The highest BCUT2D eigenvalue weighted by Crippen LogP contribution is 2.42. The maximum atomic E-state index is 11.6. The van der Waals surface area contributed by atoms with Crippen molar-refractivity contribution in [3.63, 3.8) is 0 Å². The first-order valence-corrected chi connectivity index (χ1v) is 6.04. The van der Waals surface area contributed by atoms with Gasteiger partial charge in [0.2, 0.25) is 0 Å². The molecule has 1 aliphatic rings. The molecule has 16 heavy (non-hydrogen) atoms. The first kappa shape index (κ1) is 11.3. The Bertz CT molecular complexity index is 376. The smallest absolute Gasteiger partial charge is 0.319 e. The third-order valence-corrected chi connectivity index (χ3v) is 3.85. The zero-order valence-corrected chi connectivity index (χ0v) is 9.87. The van der Waals surface area contributed by atoms with E-state index in [0.717, 1.165) is 17.7 Å². The van der Waals surface area contributed by atoms with Gasteiger partial charge in [0.15, 0.2) is 0 Å². The van der Waals surface area contributed by atoms with E-state index in [9.17, 15) is 4.79 Å². The van der Waals surface area contributed by atoms with Crippen molar-refractivity contribution in [2.75, 3.05) is 12.8 Å². The molecule has 0 aromatic carbocycles. The van der Waals surface area contributed by atoms with Crippen LogP contribution in [-0.2, 0) is 9.53 Å². The summed E-state index contributed by atoms with van der Waals surface area (Å²) in [6.07, 6.45) is 3.91. The molecule has 1 unspecified atom stereocenters. The Balaban J connectivity index is 2.05. The minimum atomic E-state index is -0.149. The maximum Gasteiger partial charge on any atom is 0.319 e. The van der Waals surface area contributed by atoms with E-state index >= 15 is 0 Å². The standard InChI is InChI=1S/C11H14N2O2S/c1-15-11(14)10(7-2-3-7)16-8-4-5-9(12)13-6-8/h4-7,10H,2-3H2,1H3,(H2,12,13). The van der Waals surface area contributed by atoms with Gasteiger partial charge in [-0.15, -0.1) is 11.8 Å². The molecule has 0 amide bonds. The molecule has 1 aromatic heterocycles. The van der Waals surface area contributed by atoms with E-state index in [2.05, 4.69) is 4.98 Å². The van der Waals surface area contributed by atoms with Crippen LogP contribution in [0.15, 0.2) is 23.2 Å². The summed E-state index contributed by atoms with van der Waals surface area (Å²) in [5, 5.41) is -0.101. The van der Waals surface area contributed by atoms with Crippen molar-refractivity contribution in [3.8, 4) is 0 Å². The topological polar surface area (TPSA) is 65.2 Å². The number of methoxy groups -OCH3 is 1. The second-order valence-electron chi connectivity index (χ2n) is 3.82. The van der Waals surface area contributed by atoms with E-state index in [0.29, 0.717) is 11.7 Å². The fourth-order valence-corrected chi connectivity index (χ4v) is 2.67. The van der Waals surface area contributed by atoms with E-state index in [-0.39, 0.29) is 11.2 Å². The maximum absolute atomic E-state index is 11.6. The highest BCUT2D eigenvalue weighted by molar-refractivity contribution is 8.00. The number of nitrogens with zero attached hydrogens (tertiary/aromatic N) is 1. The van der Waals surface area contributed by atoms with Gasteiger partial charge in [-0.25, -0.2) is 4.98 Å². The number of thioether (sulfide) groups is 1. The van der Waals surface area contributed by atoms with E-state index in [4.69, 9.17) is 10.5 Å². The minimum Gasteiger partial charge on any atom is -0.468 e. The van der Waals surface area contributed by atoms with Crippen LogP contribution in [0, 0.1) is 5.92 Å². The first-order chi connectivity index (χ1) is 7.70. The Morgan fingerprint density at radius 3 is 2.88 bits per heavy atom. The van der Waals surface area contributed by atoms with Gasteiger partial charge in [0.25, 0.3) is 0 Å². The van der Waals surface area contributed by atoms with Crippen LogP contribution in [0.5, 0.6) is 0 Å². The molecule has 86 valence electrons. The van der Waals surface area contributed by atoms with Crippen molar-refractivity contribution in [2.45, 2.75) is 23.0 Å². The number of nitrogens with two attached hydrogens (primary N) is 1. The van der Waals surface area contributed by atoms with Gasteiger partial charge in [0.1, 0.15) is 11.1 Å². The lowest BCUT2D eigenvalue weighted by molar-refractivity contribution is -0.140. The van der Waals surface area contributed by atoms with E-state index in [1.807, 2.05) is 6.07 Å². The fourth-order valence-electron chi connectivity index (χ4n) is 1.46. The van der Waals surface area contributed by atoms with Crippen molar-refractivity contribution in [3.05, 3.63) is 18.3 Å². The summed E-state index contributed by atoms with van der Waals surface area (Å²) in [4.78, 5) is 16.5. The number of carbonyl (C=O) groups excluding carboxylic acids is 1. The number of rotatable bonds is 4. The van der Waals surface area contributed by atoms with E-state index < -0.39 is 0 Å². The Morgan fingerprint density at radius 2 is 2.38 bits per heavy atom. The largest absolute Gasteiger partial charge is 0.468 e. The fraction of sp³-hybridized carbons (Fsp3) is 0.455. The Kier molecular flexibility index (Phi) is 3.33. The highest BCUT2D eigenvalue weighted by Gasteiger charge is 2.37. The zero-order valence-electron chi connectivity index (χ0n) is 9.05. The summed E-state index contributed by atoms with van der Waals surface area (Å²) in [5.41, 5.74) is 5.50. The predicted octanol–water partition coefficient (Wildman–Crippen LogP) is 1.71. The molecule has 5 heteroatoms. The summed E-state index contributed by atoms with van der Waals surface area (Å²) in [7, 11) is 1.43. The minimum absolute atomic E-state index is 0.101. The van der Waals surface area contributed by atoms with Crippen LogP contribution in [0.2, 0.25) is 0 Å². The van der Waals surface area contributed by atoms with Gasteiger partial charge in [-0.1, -0.05) is 0 Å². The summed E-state index contributed by atoms with van der Waals surface area (Å²) < 4.78 is 4.80. The molecule has 0 aliphatic heterocycles. The molecule has 0 radical (unpaired) electrons. The molecule has 2 N–H and O–H groups in total. The molecular formula is C11H14N2O2S. The van der Waals surface area contributed by atoms with Crippen molar-refractivity contribution in [1.82, 2.24) is 4.98 Å². The number of anilines is 1.